The van der Waals surface area contributed by atoms with Crippen molar-refractivity contribution in [2.45, 2.75) is 19.8 Å². The van der Waals surface area contributed by atoms with Crippen LogP contribution in [-0.2, 0) is 0 Å². The third kappa shape index (κ3) is 4.96. The summed E-state index contributed by atoms with van der Waals surface area (Å²) >= 11 is 0. The first kappa shape index (κ1) is 25.0. The van der Waals surface area contributed by atoms with Crippen LogP contribution in [0.2, 0.25) is 0 Å². The third-order valence-electron chi connectivity index (χ3n) is 5.45. The monoisotopic (exact) mass is 482 g/mol. The lowest BCUT2D eigenvalue weighted by Gasteiger charge is -2.17. The second-order valence-corrected chi connectivity index (χ2v) is 7.66. The summed E-state index contributed by atoms with van der Waals surface area (Å²) in [6, 6.07) is 7.63. The maximum atomic E-state index is 14.6. The largest absolute Gasteiger partial charge is 0.369 e. The van der Waals surface area contributed by atoms with Gasteiger partial charge in [0.2, 0.25) is 0 Å². The van der Waals surface area contributed by atoms with Crippen LogP contribution >= 0.6 is 13.5 Å². The summed E-state index contributed by atoms with van der Waals surface area (Å²) in [5, 5.41) is 5.97. The summed E-state index contributed by atoms with van der Waals surface area (Å²) < 4.78 is 28.5. The molecule has 176 valence electrons. The van der Waals surface area contributed by atoms with Gasteiger partial charge in [0.15, 0.2) is 0 Å². The molecule has 0 spiro atoms. The number of fused-ring (bicyclic) bond motifs is 1. The Morgan fingerprint density at radius 1 is 1.06 bits per heavy atom. The lowest BCUT2D eigenvalue weighted by molar-refractivity contribution is 0.0964. The average Bonchev–Trinajstić information content (AvgIpc) is 2.84. The molecule has 10 heteroatoms. The summed E-state index contributed by atoms with van der Waals surface area (Å²) in [7, 11) is 1.50. The van der Waals surface area contributed by atoms with Crippen LogP contribution in [0, 0.1) is 18.6 Å². The predicted molar refractivity (Wildman–Crippen MR) is 132 cm³/mol. The molecule has 0 bridgehead atoms. The van der Waals surface area contributed by atoms with Crippen molar-refractivity contribution in [2.75, 3.05) is 18.9 Å². The van der Waals surface area contributed by atoms with Crippen molar-refractivity contribution >= 4 is 36.1 Å². The molecule has 0 fully saturated rings. The Hall–Kier alpha value is -3.66. The van der Waals surface area contributed by atoms with Gasteiger partial charge in [-0.05, 0) is 30.7 Å². The molecule has 1 amide bonds. The number of nitrogens with one attached hydrogen (secondary N) is 2. The fourth-order valence-electron chi connectivity index (χ4n) is 3.59. The predicted octanol–water partition coefficient (Wildman–Crippen LogP) is 4.36. The zero-order chi connectivity index (χ0) is 23.5. The van der Waals surface area contributed by atoms with Crippen molar-refractivity contribution in [3.05, 3.63) is 77.5 Å². The maximum absolute atomic E-state index is 14.6. The first-order chi connectivity index (χ1) is 15.9. The first-order valence-corrected chi connectivity index (χ1v) is 10.4. The molecule has 4 rings (SSSR count). The molecule has 3 aromatic heterocycles. The second-order valence-electron chi connectivity index (χ2n) is 7.66. The molecule has 0 saturated heterocycles. The molecule has 2 N–H and O–H groups in total. The highest BCUT2D eigenvalue weighted by molar-refractivity contribution is 7.59. The van der Waals surface area contributed by atoms with Gasteiger partial charge in [0, 0.05) is 48.9 Å². The van der Waals surface area contributed by atoms with Gasteiger partial charge in [0.05, 0.1) is 22.5 Å². The molecular weight excluding hydrogens is 458 g/mol. The minimum atomic E-state index is -0.500. The molecule has 0 aliphatic heterocycles. The number of hydrogen-bond donors (Lipinski definition) is 2. The van der Waals surface area contributed by atoms with Crippen molar-refractivity contribution in [1.29, 1.82) is 0 Å². The molecule has 1 atom stereocenters. The quantitative estimate of drug-likeness (QED) is 0.424. The van der Waals surface area contributed by atoms with Gasteiger partial charge < -0.3 is 10.6 Å². The summed E-state index contributed by atoms with van der Waals surface area (Å²) in [5.41, 5.74) is 2.88. The number of carbonyl (C=O) groups is 1. The van der Waals surface area contributed by atoms with Crippen LogP contribution in [0.1, 0.15) is 34.5 Å². The Morgan fingerprint density at radius 2 is 1.85 bits per heavy atom. The zero-order valence-electron chi connectivity index (χ0n) is 18.9. The summed E-state index contributed by atoms with van der Waals surface area (Å²) in [6.45, 7) is 4.03. The van der Waals surface area contributed by atoms with E-state index in [0.717, 1.165) is 5.56 Å². The van der Waals surface area contributed by atoms with Gasteiger partial charge in [-0.1, -0.05) is 13.0 Å². The van der Waals surface area contributed by atoms with E-state index in [1.807, 2.05) is 6.92 Å². The van der Waals surface area contributed by atoms with Crippen LogP contribution in [0.3, 0.4) is 0 Å². The fraction of sp³-hybridized carbons (Fsp3) is 0.208. The molecule has 0 radical (unpaired) electrons. The number of amides is 1. The zero-order valence-corrected chi connectivity index (χ0v) is 19.9. The van der Waals surface area contributed by atoms with Gasteiger partial charge >= 0.3 is 0 Å². The van der Waals surface area contributed by atoms with Gasteiger partial charge in [-0.3, -0.25) is 14.8 Å². The Morgan fingerprint density at radius 3 is 2.59 bits per heavy atom. The maximum Gasteiger partial charge on any atom is 0.251 e. The minimum absolute atomic E-state index is 0. The summed E-state index contributed by atoms with van der Waals surface area (Å²) in [6.07, 6.45) is 4.46. The van der Waals surface area contributed by atoms with Gasteiger partial charge in [0.25, 0.3) is 5.91 Å². The molecule has 0 unspecified atom stereocenters. The number of aromatic nitrogens is 4. The molecule has 3 heterocycles. The lowest BCUT2D eigenvalue weighted by Crippen LogP contribution is -2.19. The number of benzene rings is 1. The number of pyridine rings is 2. The number of aryl methyl sites for hydroxylation is 1. The van der Waals surface area contributed by atoms with E-state index in [2.05, 4.69) is 30.6 Å². The first-order valence-electron chi connectivity index (χ1n) is 10.4. The molecular formula is C24H24F2N6OS. The average molecular weight is 483 g/mol. The highest BCUT2D eigenvalue weighted by Crippen LogP contribution is 2.29. The van der Waals surface area contributed by atoms with Crippen molar-refractivity contribution in [1.82, 2.24) is 25.3 Å². The van der Waals surface area contributed by atoms with E-state index in [-0.39, 0.29) is 36.3 Å². The van der Waals surface area contributed by atoms with Gasteiger partial charge in [0.1, 0.15) is 23.8 Å². The van der Waals surface area contributed by atoms with Gasteiger partial charge in [-0.15, -0.1) is 0 Å². The topological polar surface area (TPSA) is 92.7 Å². The fourth-order valence-corrected chi connectivity index (χ4v) is 3.59. The molecule has 0 aliphatic rings. The Kier molecular flexibility index (Phi) is 7.72. The van der Waals surface area contributed by atoms with E-state index in [1.54, 1.807) is 25.3 Å². The van der Waals surface area contributed by atoms with Crippen LogP contribution in [0.25, 0.3) is 22.2 Å². The van der Waals surface area contributed by atoms with Gasteiger partial charge in [-0.2, -0.15) is 13.5 Å². The SMILES string of the molecule is CNC(=O)c1ccnc2c([C@H](C)CNc3cc(-c4cnc(C)c(F)c4)ncn3)ccc(F)c12.S. The highest BCUT2D eigenvalue weighted by atomic mass is 32.1. The van der Waals surface area contributed by atoms with Crippen molar-refractivity contribution in [2.24, 2.45) is 0 Å². The Bertz CT molecular complexity index is 1350. The van der Waals surface area contributed by atoms with Crippen molar-refractivity contribution < 1.29 is 13.6 Å². The molecule has 0 saturated carbocycles. The second kappa shape index (κ2) is 10.5. The lowest BCUT2D eigenvalue weighted by atomic mass is 9.95. The van der Waals surface area contributed by atoms with E-state index in [9.17, 15) is 13.6 Å². The van der Waals surface area contributed by atoms with Crippen LogP contribution in [0.15, 0.2) is 49.1 Å². The molecule has 4 aromatic rings. The Labute approximate surface area is 202 Å². The van der Waals surface area contributed by atoms with Crippen LogP contribution in [-0.4, -0.2) is 39.4 Å². The van der Waals surface area contributed by atoms with E-state index in [4.69, 9.17) is 0 Å². The number of anilines is 1. The van der Waals surface area contributed by atoms with Crippen molar-refractivity contribution in [3.8, 4) is 11.3 Å². The van der Waals surface area contributed by atoms with Gasteiger partial charge in [-0.25, -0.2) is 18.7 Å². The molecule has 0 aliphatic carbocycles. The number of carbonyl (C=O) groups excluding carboxylic acids is 1. The number of nitrogens with zero attached hydrogens (tertiary/aromatic N) is 4. The Balaban J connectivity index is 0.00000324. The van der Waals surface area contributed by atoms with E-state index >= 15 is 0 Å². The van der Waals surface area contributed by atoms with Crippen molar-refractivity contribution in [3.63, 3.8) is 0 Å². The number of rotatable bonds is 6. The summed E-state index contributed by atoms with van der Waals surface area (Å²) in [4.78, 5) is 29.0. The summed E-state index contributed by atoms with van der Waals surface area (Å²) in [5.74, 6) is -0.809. The minimum Gasteiger partial charge on any atom is -0.369 e. The molecule has 34 heavy (non-hydrogen) atoms. The van der Waals surface area contributed by atoms with E-state index in [0.29, 0.717) is 34.8 Å². The third-order valence-corrected chi connectivity index (χ3v) is 5.45. The molecule has 1 aromatic carbocycles. The van der Waals surface area contributed by atoms with Crippen LogP contribution in [0.4, 0.5) is 14.6 Å². The molecule has 7 nitrogen and oxygen atoms in total. The number of halogens is 2. The number of hydrogen-bond acceptors (Lipinski definition) is 6. The van der Waals surface area contributed by atoms with E-state index in [1.165, 1.54) is 37.8 Å². The van der Waals surface area contributed by atoms with Crippen LogP contribution < -0.4 is 10.6 Å². The standard InChI is InChI=1S/C24H22F2N6O.H2S/c1-13(16-4-5-18(25)22-17(24(33)27-3)6-7-28-23(16)22)10-30-21-9-20(31-12-32-21)15-8-19(26)14(2)29-11-15;/h4-9,11-13H,10H2,1-3H3,(H,27,33)(H,30,31,32);1H2/t13-;/m1./s1. The van der Waals surface area contributed by atoms with E-state index < -0.39 is 11.6 Å². The highest BCUT2D eigenvalue weighted by Gasteiger charge is 2.18. The van der Waals surface area contributed by atoms with Crippen LogP contribution in [0.5, 0.6) is 0 Å². The smallest absolute Gasteiger partial charge is 0.251 e. The normalized spacial score (nSPS) is 11.6.